The van der Waals surface area contributed by atoms with E-state index in [1.807, 2.05) is 12.1 Å². The third kappa shape index (κ3) is 4.31. The van der Waals surface area contributed by atoms with Crippen LogP contribution in [0.15, 0.2) is 24.3 Å². The summed E-state index contributed by atoms with van der Waals surface area (Å²) in [5.41, 5.74) is 1.26. The van der Waals surface area contributed by atoms with Crippen molar-refractivity contribution in [3.05, 3.63) is 29.8 Å². The van der Waals surface area contributed by atoms with Gasteiger partial charge in [-0.3, -0.25) is 0 Å². The first-order valence-corrected chi connectivity index (χ1v) is 6.81. The molecule has 0 aliphatic carbocycles. The molecule has 3 heteroatoms. The van der Waals surface area contributed by atoms with Crippen molar-refractivity contribution >= 4 is 0 Å². The van der Waals surface area contributed by atoms with E-state index in [-0.39, 0.29) is 6.10 Å². The average molecular weight is 249 g/mol. The lowest BCUT2D eigenvalue weighted by Gasteiger charge is -2.13. The van der Waals surface area contributed by atoms with E-state index in [4.69, 9.17) is 9.47 Å². The normalized spacial score (nSPS) is 19.4. The van der Waals surface area contributed by atoms with Crippen molar-refractivity contribution < 1.29 is 9.47 Å². The summed E-state index contributed by atoms with van der Waals surface area (Å²) in [6.45, 7) is 6.73. The van der Waals surface area contributed by atoms with Crippen molar-refractivity contribution in [3.8, 4) is 5.75 Å². The van der Waals surface area contributed by atoms with Crippen LogP contribution in [0.4, 0.5) is 0 Å². The zero-order valence-electron chi connectivity index (χ0n) is 11.3. The van der Waals surface area contributed by atoms with E-state index in [0.29, 0.717) is 12.6 Å². The highest BCUT2D eigenvalue weighted by Crippen LogP contribution is 2.17. The maximum Gasteiger partial charge on any atom is 0.119 e. The first-order valence-electron chi connectivity index (χ1n) is 6.81. The van der Waals surface area contributed by atoms with Crippen LogP contribution in [-0.2, 0) is 11.3 Å². The van der Waals surface area contributed by atoms with Crippen LogP contribution in [-0.4, -0.2) is 25.4 Å². The molecule has 0 amide bonds. The molecule has 2 rings (SSSR count). The standard InChI is InChI=1S/C15H23NO2/c1-12(2)16-10-13-5-3-6-14(9-13)18-11-15-7-4-8-17-15/h3,5-6,9,12,15-16H,4,7-8,10-11H2,1-2H3. The molecule has 1 unspecified atom stereocenters. The van der Waals surface area contributed by atoms with Crippen molar-refractivity contribution in [3.63, 3.8) is 0 Å². The molecule has 1 heterocycles. The van der Waals surface area contributed by atoms with Crippen LogP contribution in [0.3, 0.4) is 0 Å². The molecule has 1 N–H and O–H groups in total. The molecular weight excluding hydrogens is 226 g/mol. The Morgan fingerprint density at radius 1 is 1.44 bits per heavy atom. The Kier molecular flexibility index (Phi) is 5.02. The van der Waals surface area contributed by atoms with Gasteiger partial charge in [-0.2, -0.15) is 0 Å². The predicted molar refractivity (Wildman–Crippen MR) is 72.9 cm³/mol. The number of benzene rings is 1. The van der Waals surface area contributed by atoms with Gasteiger partial charge in [-0.05, 0) is 30.5 Å². The average Bonchev–Trinajstić information content (AvgIpc) is 2.87. The van der Waals surface area contributed by atoms with Gasteiger partial charge in [0.2, 0.25) is 0 Å². The highest BCUT2D eigenvalue weighted by molar-refractivity contribution is 5.28. The number of hydrogen-bond acceptors (Lipinski definition) is 3. The van der Waals surface area contributed by atoms with E-state index in [0.717, 1.165) is 31.7 Å². The van der Waals surface area contributed by atoms with E-state index >= 15 is 0 Å². The molecule has 0 saturated carbocycles. The monoisotopic (exact) mass is 249 g/mol. The summed E-state index contributed by atoms with van der Waals surface area (Å²) in [5.74, 6) is 0.938. The minimum absolute atomic E-state index is 0.280. The fourth-order valence-corrected chi connectivity index (χ4v) is 2.03. The van der Waals surface area contributed by atoms with Crippen molar-refractivity contribution in [2.45, 2.75) is 45.4 Å². The van der Waals surface area contributed by atoms with Crippen LogP contribution in [0.5, 0.6) is 5.75 Å². The lowest BCUT2D eigenvalue weighted by Crippen LogP contribution is -2.21. The Balaban J connectivity index is 1.82. The van der Waals surface area contributed by atoms with E-state index in [2.05, 4.69) is 31.3 Å². The van der Waals surface area contributed by atoms with Gasteiger partial charge in [-0.1, -0.05) is 26.0 Å². The van der Waals surface area contributed by atoms with Crippen LogP contribution < -0.4 is 10.1 Å². The minimum atomic E-state index is 0.280. The summed E-state index contributed by atoms with van der Waals surface area (Å²) in [5, 5.41) is 3.41. The smallest absolute Gasteiger partial charge is 0.119 e. The maximum atomic E-state index is 5.78. The SMILES string of the molecule is CC(C)NCc1cccc(OCC2CCCO2)c1. The highest BCUT2D eigenvalue weighted by Gasteiger charge is 2.15. The number of rotatable bonds is 6. The predicted octanol–water partition coefficient (Wildman–Crippen LogP) is 2.74. The van der Waals surface area contributed by atoms with Gasteiger partial charge in [-0.25, -0.2) is 0 Å². The van der Waals surface area contributed by atoms with E-state index in [9.17, 15) is 0 Å². The summed E-state index contributed by atoms with van der Waals surface area (Å²) >= 11 is 0. The van der Waals surface area contributed by atoms with Crippen LogP contribution in [0.25, 0.3) is 0 Å². The van der Waals surface area contributed by atoms with Crippen molar-refractivity contribution in [2.24, 2.45) is 0 Å². The van der Waals surface area contributed by atoms with Crippen LogP contribution >= 0.6 is 0 Å². The lowest BCUT2D eigenvalue weighted by molar-refractivity contribution is 0.0679. The van der Waals surface area contributed by atoms with Gasteiger partial charge >= 0.3 is 0 Å². The Morgan fingerprint density at radius 3 is 3.06 bits per heavy atom. The number of ether oxygens (including phenoxy) is 2. The Labute approximate surface area is 109 Å². The topological polar surface area (TPSA) is 30.5 Å². The zero-order valence-corrected chi connectivity index (χ0v) is 11.3. The molecule has 1 atom stereocenters. The first kappa shape index (κ1) is 13.4. The molecule has 1 fully saturated rings. The lowest BCUT2D eigenvalue weighted by atomic mass is 10.2. The first-order chi connectivity index (χ1) is 8.74. The highest BCUT2D eigenvalue weighted by atomic mass is 16.5. The molecule has 1 aromatic carbocycles. The fraction of sp³-hybridized carbons (Fsp3) is 0.600. The second-order valence-electron chi connectivity index (χ2n) is 5.13. The third-order valence-corrected chi connectivity index (χ3v) is 3.07. The van der Waals surface area contributed by atoms with Crippen LogP contribution in [0, 0.1) is 0 Å². The summed E-state index contributed by atoms with van der Waals surface area (Å²) in [6, 6.07) is 8.77. The Morgan fingerprint density at radius 2 is 2.33 bits per heavy atom. The quantitative estimate of drug-likeness (QED) is 0.841. The molecule has 0 aromatic heterocycles. The number of nitrogens with one attached hydrogen (secondary N) is 1. The second kappa shape index (κ2) is 6.76. The van der Waals surface area contributed by atoms with E-state index in [1.165, 1.54) is 5.56 Å². The molecule has 1 aromatic rings. The summed E-state index contributed by atoms with van der Waals surface area (Å²) in [6.07, 6.45) is 2.56. The molecule has 0 radical (unpaired) electrons. The van der Waals surface area contributed by atoms with Crippen molar-refractivity contribution in [2.75, 3.05) is 13.2 Å². The van der Waals surface area contributed by atoms with Gasteiger partial charge in [0.15, 0.2) is 0 Å². The largest absolute Gasteiger partial charge is 0.491 e. The molecule has 0 spiro atoms. The van der Waals surface area contributed by atoms with Crippen LogP contribution in [0.2, 0.25) is 0 Å². The van der Waals surface area contributed by atoms with Gasteiger partial charge in [0.1, 0.15) is 12.4 Å². The van der Waals surface area contributed by atoms with Gasteiger partial charge in [-0.15, -0.1) is 0 Å². The summed E-state index contributed by atoms with van der Waals surface area (Å²) in [4.78, 5) is 0. The molecule has 1 aliphatic heterocycles. The second-order valence-corrected chi connectivity index (χ2v) is 5.13. The minimum Gasteiger partial charge on any atom is -0.491 e. The van der Waals surface area contributed by atoms with Crippen LogP contribution in [0.1, 0.15) is 32.3 Å². The molecule has 3 nitrogen and oxygen atoms in total. The Bertz CT molecular complexity index is 359. The Hall–Kier alpha value is -1.06. The van der Waals surface area contributed by atoms with Gasteiger partial charge in [0.05, 0.1) is 6.10 Å². The molecule has 1 aliphatic rings. The van der Waals surface area contributed by atoms with E-state index in [1.54, 1.807) is 0 Å². The molecule has 18 heavy (non-hydrogen) atoms. The molecular formula is C15H23NO2. The summed E-state index contributed by atoms with van der Waals surface area (Å²) in [7, 11) is 0. The van der Waals surface area contributed by atoms with E-state index < -0.39 is 0 Å². The third-order valence-electron chi connectivity index (χ3n) is 3.07. The fourth-order valence-electron chi connectivity index (χ4n) is 2.03. The molecule has 0 bridgehead atoms. The maximum absolute atomic E-state index is 5.78. The summed E-state index contributed by atoms with van der Waals surface area (Å²) < 4.78 is 11.3. The van der Waals surface area contributed by atoms with Gasteiger partial charge in [0.25, 0.3) is 0 Å². The zero-order chi connectivity index (χ0) is 12.8. The molecule has 100 valence electrons. The van der Waals surface area contributed by atoms with Crippen molar-refractivity contribution in [1.82, 2.24) is 5.32 Å². The number of hydrogen-bond donors (Lipinski definition) is 1. The van der Waals surface area contributed by atoms with Gasteiger partial charge in [0, 0.05) is 19.2 Å². The molecule has 1 saturated heterocycles. The van der Waals surface area contributed by atoms with Gasteiger partial charge < -0.3 is 14.8 Å². The van der Waals surface area contributed by atoms with Crippen molar-refractivity contribution in [1.29, 1.82) is 0 Å².